The minimum atomic E-state index is 0.0643. The van der Waals surface area contributed by atoms with E-state index >= 15 is 0 Å². The Morgan fingerprint density at radius 2 is 2.31 bits per heavy atom. The Kier molecular flexibility index (Phi) is 1.28. The zero-order valence-corrected chi connectivity index (χ0v) is 8.60. The number of halogens is 1. The average molecular weight is 241 g/mol. The van der Waals surface area contributed by atoms with Gasteiger partial charge in [0.25, 0.3) is 5.91 Å². The fraction of sp³-hybridized carbons (Fsp3) is 0.444. The second-order valence-electron chi connectivity index (χ2n) is 3.91. The number of nitrogens with one attached hydrogen (secondary N) is 1. The maximum atomic E-state index is 11.6. The molecule has 2 aliphatic rings. The van der Waals surface area contributed by atoms with Gasteiger partial charge in [0.1, 0.15) is 5.69 Å². The van der Waals surface area contributed by atoms with Gasteiger partial charge in [-0.25, -0.2) is 0 Å². The normalized spacial score (nSPS) is 22.7. The monoisotopic (exact) mass is 240 g/mol. The molecule has 1 saturated carbocycles. The van der Waals surface area contributed by atoms with E-state index < -0.39 is 0 Å². The Bertz CT molecular complexity index is 392. The summed E-state index contributed by atoms with van der Waals surface area (Å²) in [5, 5.41) is 3.06. The van der Waals surface area contributed by atoms with Crippen LogP contribution in [-0.2, 0) is 6.54 Å². The highest BCUT2D eigenvalue weighted by Gasteiger charge is 2.47. The fourth-order valence-electron chi connectivity index (χ4n) is 1.90. The Hall–Kier alpha value is -0.770. The molecule has 0 saturated heterocycles. The maximum Gasteiger partial charge on any atom is 0.268 e. The smallest absolute Gasteiger partial charge is 0.268 e. The quantitative estimate of drug-likeness (QED) is 0.734. The summed E-state index contributed by atoms with van der Waals surface area (Å²) >= 11 is 3.38. The van der Waals surface area contributed by atoms with Crippen LogP contribution in [0.4, 0.5) is 0 Å². The molecule has 2 heterocycles. The first-order chi connectivity index (χ1) is 6.19. The Balaban J connectivity index is 2.10. The van der Waals surface area contributed by atoms with E-state index in [0.29, 0.717) is 0 Å². The van der Waals surface area contributed by atoms with Crippen LogP contribution in [0.5, 0.6) is 0 Å². The Morgan fingerprint density at radius 1 is 1.54 bits per heavy atom. The van der Waals surface area contributed by atoms with Gasteiger partial charge in [-0.2, -0.15) is 0 Å². The van der Waals surface area contributed by atoms with E-state index in [-0.39, 0.29) is 11.4 Å². The molecule has 1 amide bonds. The molecule has 0 radical (unpaired) electrons. The van der Waals surface area contributed by atoms with E-state index in [9.17, 15) is 4.79 Å². The average Bonchev–Trinajstić information content (AvgIpc) is 2.65. The van der Waals surface area contributed by atoms with Crippen molar-refractivity contribution < 1.29 is 4.79 Å². The first kappa shape index (κ1) is 7.62. The predicted octanol–water partition coefficient (Wildman–Crippen LogP) is 1.53. The van der Waals surface area contributed by atoms with Crippen LogP contribution in [-0.4, -0.2) is 16.0 Å². The highest BCUT2D eigenvalue weighted by Crippen LogP contribution is 2.40. The predicted molar refractivity (Wildman–Crippen MR) is 51.6 cm³/mol. The van der Waals surface area contributed by atoms with Crippen LogP contribution in [0.3, 0.4) is 0 Å². The third-order valence-corrected chi connectivity index (χ3v) is 3.23. The van der Waals surface area contributed by atoms with Crippen molar-refractivity contribution in [2.75, 3.05) is 0 Å². The second-order valence-corrected chi connectivity index (χ2v) is 4.82. The lowest BCUT2D eigenvalue weighted by molar-refractivity contribution is 0.0892. The molecule has 3 rings (SSSR count). The molecule has 1 spiro atoms. The minimum absolute atomic E-state index is 0.0643. The molecule has 0 bridgehead atoms. The molecule has 1 fully saturated rings. The lowest BCUT2D eigenvalue weighted by Crippen LogP contribution is -2.45. The number of aromatic nitrogens is 1. The molecule has 0 aromatic carbocycles. The number of carbonyl (C=O) groups excluding carboxylic acids is 1. The summed E-state index contributed by atoms with van der Waals surface area (Å²) in [6.45, 7) is 0.930. The van der Waals surface area contributed by atoms with Gasteiger partial charge < -0.3 is 9.88 Å². The first-order valence-electron chi connectivity index (χ1n) is 4.37. The van der Waals surface area contributed by atoms with Gasteiger partial charge in [-0.15, -0.1) is 0 Å². The van der Waals surface area contributed by atoms with Crippen molar-refractivity contribution in [1.82, 2.24) is 9.88 Å². The third-order valence-electron chi connectivity index (χ3n) is 2.80. The number of amides is 1. The van der Waals surface area contributed by atoms with Gasteiger partial charge in [0.15, 0.2) is 0 Å². The summed E-state index contributed by atoms with van der Waals surface area (Å²) in [5.74, 6) is 0.0643. The summed E-state index contributed by atoms with van der Waals surface area (Å²) in [4.78, 5) is 11.6. The fourth-order valence-corrected chi connectivity index (χ4v) is 2.36. The van der Waals surface area contributed by atoms with Gasteiger partial charge >= 0.3 is 0 Å². The van der Waals surface area contributed by atoms with Crippen LogP contribution < -0.4 is 5.32 Å². The van der Waals surface area contributed by atoms with E-state index in [4.69, 9.17) is 0 Å². The number of fused-ring (bicyclic) bond motifs is 1. The van der Waals surface area contributed by atoms with Crippen LogP contribution in [0.25, 0.3) is 0 Å². The van der Waals surface area contributed by atoms with Crippen molar-refractivity contribution in [3.05, 3.63) is 22.4 Å². The third kappa shape index (κ3) is 1.05. The van der Waals surface area contributed by atoms with Gasteiger partial charge in [-0.05, 0) is 34.8 Å². The van der Waals surface area contributed by atoms with Crippen LogP contribution in [0, 0.1) is 0 Å². The molecule has 0 unspecified atom stereocenters. The number of rotatable bonds is 0. The Labute approximate surface area is 84.2 Å². The minimum Gasteiger partial charge on any atom is -0.344 e. The summed E-state index contributed by atoms with van der Waals surface area (Å²) in [5.41, 5.74) is 0.868. The molecule has 68 valence electrons. The van der Waals surface area contributed by atoms with Crippen LogP contribution >= 0.6 is 15.9 Å². The van der Waals surface area contributed by atoms with Gasteiger partial charge in [-0.1, -0.05) is 0 Å². The summed E-state index contributed by atoms with van der Waals surface area (Å²) in [6.07, 6.45) is 4.22. The Morgan fingerprint density at radius 3 is 3.00 bits per heavy atom. The van der Waals surface area contributed by atoms with E-state index in [0.717, 1.165) is 29.6 Å². The molecular formula is C9H9BrN2O. The summed E-state index contributed by atoms with van der Waals surface area (Å²) < 4.78 is 3.02. The molecule has 0 atom stereocenters. The molecular weight excluding hydrogens is 232 g/mol. The molecule has 4 heteroatoms. The van der Waals surface area contributed by atoms with Crippen molar-refractivity contribution in [3.63, 3.8) is 0 Å². The molecule has 1 aromatic heterocycles. The molecule has 3 nitrogen and oxygen atoms in total. The number of hydrogen-bond donors (Lipinski definition) is 1. The zero-order valence-electron chi connectivity index (χ0n) is 7.01. The summed E-state index contributed by atoms with van der Waals surface area (Å²) in [6, 6.07) is 1.87. The van der Waals surface area contributed by atoms with Crippen molar-refractivity contribution in [2.24, 2.45) is 0 Å². The topological polar surface area (TPSA) is 34.0 Å². The van der Waals surface area contributed by atoms with Crippen LogP contribution in [0.1, 0.15) is 23.3 Å². The van der Waals surface area contributed by atoms with E-state index in [1.807, 2.05) is 16.8 Å². The largest absolute Gasteiger partial charge is 0.344 e. The van der Waals surface area contributed by atoms with Crippen molar-refractivity contribution in [2.45, 2.75) is 24.9 Å². The molecule has 1 N–H and O–H groups in total. The van der Waals surface area contributed by atoms with Gasteiger partial charge in [0.2, 0.25) is 0 Å². The van der Waals surface area contributed by atoms with E-state index in [1.54, 1.807) is 0 Å². The molecule has 1 aliphatic carbocycles. The van der Waals surface area contributed by atoms with Crippen molar-refractivity contribution in [3.8, 4) is 0 Å². The lowest BCUT2D eigenvalue weighted by Gasteiger charge is -2.25. The first-order valence-corrected chi connectivity index (χ1v) is 5.16. The molecule has 13 heavy (non-hydrogen) atoms. The van der Waals surface area contributed by atoms with Gasteiger partial charge in [-0.3, -0.25) is 4.79 Å². The number of hydrogen-bond acceptors (Lipinski definition) is 1. The standard InChI is InChI=1S/C9H9BrN2O/c10-6-3-7-8(13)11-9(1-2-9)5-12(7)4-6/h3-4H,1-2,5H2,(H,11,13). The lowest BCUT2D eigenvalue weighted by atomic mass is 10.2. The number of nitrogens with zero attached hydrogens (tertiary/aromatic N) is 1. The van der Waals surface area contributed by atoms with Crippen molar-refractivity contribution >= 4 is 21.8 Å². The SMILES string of the molecule is O=C1NC2(CC2)Cn2cc(Br)cc21. The zero-order chi connectivity index (χ0) is 9.05. The van der Waals surface area contributed by atoms with Gasteiger partial charge in [0, 0.05) is 17.2 Å². The van der Waals surface area contributed by atoms with Crippen molar-refractivity contribution in [1.29, 1.82) is 0 Å². The van der Waals surface area contributed by atoms with Crippen LogP contribution in [0.15, 0.2) is 16.7 Å². The second kappa shape index (κ2) is 2.18. The highest BCUT2D eigenvalue weighted by molar-refractivity contribution is 9.10. The number of carbonyl (C=O) groups is 1. The van der Waals surface area contributed by atoms with Crippen LogP contribution in [0.2, 0.25) is 0 Å². The molecule has 1 aromatic rings. The highest BCUT2D eigenvalue weighted by atomic mass is 79.9. The van der Waals surface area contributed by atoms with Gasteiger partial charge in [0.05, 0.1) is 5.54 Å². The van der Waals surface area contributed by atoms with E-state index in [1.165, 1.54) is 0 Å². The van der Waals surface area contributed by atoms with E-state index in [2.05, 4.69) is 21.2 Å². The maximum absolute atomic E-state index is 11.6. The molecule has 1 aliphatic heterocycles. The summed E-state index contributed by atoms with van der Waals surface area (Å²) in [7, 11) is 0.